The van der Waals surface area contributed by atoms with Crippen LogP contribution in [0.1, 0.15) is 29.8 Å². The summed E-state index contributed by atoms with van der Waals surface area (Å²) in [5, 5.41) is 0. The maximum Gasteiger partial charge on any atom is 0.254 e. The van der Waals surface area contributed by atoms with E-state index in [1.165, 1.54) is 0 Å². The second-order valence-corrected chi connectivity index (χ2v) is 6.30. The van der Waals surface area contributed by atoms with Gasteiger partial charge in [0.2, 0.25) is 0 Å². The predicted molar refractivity (Wildman–Crippen MR) is 107 cm³/mol. The third kappa shape index (κ3) is 4.19. The van der Waals surface area contributed by atoms with Crippen LogP contribution < -0.4 is 4.74 Å². The molecule has 1 heterocycles. The summed E-state index contributed by atoms with van der Waals surface area (Å²) in [6, 6.07) is 15.5. The van der Waals surface area contributed by atoms with Crippen LogP contribution >= 0.6 is 0 Å². The fourth-order valence-corrected chi connectivity index (χ4v) is 3.05. The van der Waals surface area contributed by atoms with E-state index in [9.17, 15) is 4.79 Å². The third-order valence-corrected chi connectivity index (χ3v) is 4.51. The molecule has 0 aliphatic carbocycles. The van der Waals surface area contributed by atoms with Crippen molar-refractivity contribution in [3.05, 3.63) is 72.1 Å². The first-order valence-corrected chi connectivity index (χ1v) is 9.21. The molecule has 0 bridgehead atoms. The predicted octanol–water partition coefficient (Wildman–Crippen LogP) is 4.15. The van der Waals surface area contributed by atoms with Crippen molar-refractivity contribution in [1.82, 2.24) is 14.5 Å². The SMILES string of the molecule is CCOc1ccccc1CN(CC)C(=O)c1ccc(-c2nccn2C)cc1. The van der Waals surface area contributed by atoms with Crippen molar-refractivity contribution in [3.8, 4) is 17.1 Å². The van der Waals surface area contributed by atoms with Crippen LogP contribution in [0, 0.1) is 0 Å². The molecule has 0 unspecified atom stereocenters. The van der Waals surface area contributed by atoms with Crippen LogP contribution in [0.25, 0.3) is 11.4 Å². The Morgan fingerprint density at radius 2 is 1.85 bits per heavy atom. The number of ether oxygens (including phenoxy) is 1. The van der Waals surface area contributed by atoms with E-state index in [0.717, 1.165) is 22.7 Å². The highest BCUT2D eigenvalue weighted by atomic mass is 16.5. The molecule has 2 aromatic carbocycles. The van der Waals surface area contributed by atoms with Gasteiger partial charge >= 0.3 is 0 Å². The van der Waals surface area contributed by atoms with Crippen molar-refractivity contribution in [2.24, 2.45) is 7.05 Å². The Morgan fingerprint density at radius 1 is 1.11 bits per heavy atom. The quantitative estimate of drug-likeness (QED) is 0.634. The maximum absolute atomic E-state index is 13.0. The molecule has 1 aromatic heterocycles. The number of rotatable bonds is 7. The second-order valence-electron chi connectivity index (χ2n) is 6.30. The molecule has 0 N–H and O–H groups in total. The van der Waals surface area contributed by atoms with Gasteiger partial charge < -0.3 is 14.2 Å². The highest BCUT2D eigenvalue weighted by molar-refractivity contribution is 5.94. The van der Waals surface area contributed by atoms with Crippen LogP contribution in [0.2, 0.25) is 0 Å². The lowest BCUT2D eigenvalue weighted by molar-refractivity contribution is 0.0751. The Balaban J connectivity index is 1.78. The van der Waals surface area contributed by atoms with Crippen molar-refractivity contribution in [1.29, 1.82) is 0 Å². The fourth-order valence-electron chi connectivity index (χ4n) is 3.05. The van der Waals surface area contributed by atoms with Crippen molar-refractivity contribution < 1.29 is 9.53 Å². The van der Waals surface area contributed by atoms with E-state index >= 15 is 0 Å². The average Bonchev–Trinajstić information content (AvgIpc) is 3.13. The van der Waals surface area contributed by atoms with Gasteiger partial charge in [-0.2, -0.15) is 0 Å². The number of benzene rings is 2. The molecular weight excluding hydrogens is 338 g/mol. The van der Waals surface area contributed by atoms with Crippen LogP contribution in [0.3, 0.4) is 0 Å². The van der Waals surface area contributed by atoms with Gasteiger partial charge in [0.15, 0.2) is 0 Å². The smallest absolute Gasteiger partial charge is 0.254 e. The molecule has 3 rings (SSSR count). The number of hydrogen-bond acceptors (Lipinski definition) is 3. The Kier molecular flexibility index (Phi) is 5.91. The van der Waals surface area contributed by atoms with Gasteiger partial charge in [0.25, 0.3) is 5.91 Å². The number of aryl methyl sites for hydroxylation is 1. The first-order valence-electron chi connectivity index (χ1n) is 9.21. The van der Waals surface area contributed by atoms with E-state index in [0.29, 0.717) is 25.3 Å². The lowest BCUT2D eigenvalue weighted by Crippen LogP contribution is -2.30. The lowest BCUT2D eigenvalue weighted by atomic mass is 10.1. The molecule has 0 aliphatic rings. The van der Waals surface area contributed by atoms with E-state index < -0.39 is 0 Å². The van der Waals surface area contributed by atoms with E-state index in [1.54, 1.807) is 6.20 Å². The van der Waals surface area contributed by atoms with Gasteiger partial charge in [0, 0.05) is 49.2 Å². The zero-order valence-electron chi connectivity index (χ0n) is 16.1. The maximum atomic E-state index is 13.0. The van der Waals surface area contributed by atoms with E-state index in [2.05, 4.69) is 4.98 Å². The molecule has 0 fully saturated rings. The van der Waals surface area contributed by atoms with Gasteiger partial charge in [-0.1, -0.05) is 30.3 Å². The average molecular weight is 363 g/mol. The molecule has 140 valence electrons. The highest BCUT2D eigenvalue weighted by Gasteiger charge is 2.17. The van der Waals surface area contributed by atoms with Gasteiger partial charge in [-0.15, -0.1) is 0 Å². The summed E-state index contributed by atoms with van der Waals surface area (Å²) in [6.07, 6.45) is 3.67. The van der Waals surface area contributed by atoms with Crippen LogP contribution in [0.15, 0.2) is 60.9 Å². The van der Waals surface area contributed by atoms with Gasteiger partial charge in [-0.25, -0.2) is 4.98 Å². The van der Waals surface area contributed by atoms with E-state index in [4.69, 9.17) is 4.74 Å². The number of hydrogen-bond donors (Lipinski definition) is 0. The van der Waals surface area contributed by atoms with Gasteiger partial charge in [0.05, 0.1) is 6.61 Å². The van der Waals surface area contributed by atoms with Gasteiger partial charge in [-0.3, -0.25) is 4.79 Å². The Labute approximate surface area is 160 Å². The minimum atomic E-state index is 0.00944. The van der Waals surface area contributed by atoms with Crippen LogP contribution in [-0.2, 0) is 13.6 Å². The van der Waals surface area contributed by atoms with Crippen molar-refractivity contribution in [2.75, 3.05) is 13.2 Å². The molecule has 0 radical (unpaired) electrons. The summed E-state index contributed by atoms with van der Waals surface area (Å²) in [4.78, 5) is 19.2. The van der Waals surface area contributed by atoms with Crippen LogP contribution in [0.5, 0.6) is 5.75 Å². The minimum absolute atomic E-state index is 0.00944. The molecule has 0 saturated carbocycles. The normalized spacial score (nSPS) is 10.6. The molecule has 0 spiro atoms. The van der Waals surface area contributed by atoms with Crippen molar-refractivity contribution in [3.63, 3.8) is 0 Å². The zero-order chi connectivity index (χ0) is 19.2. The number of carbonyl (C=O) groups excluding carboxylic acids is 1. The Bertz CT molecular complexity index is 900. The summed E-state index contributed by atoms with van der Waals surface area (Å²) in [7, 11) is 1.95. The molecule has 0 atom stereocenters. The number of carbonyl (C=O) groups is 1. The minimum Gasteiger partial charge on any atom is -0.494 e. The highest BCUT2D eigenvalue weighted by Crippen LogP contribution is 2.22. The number of aromatic nitrogens is 2. The summed E-state index contributed by atoms with van der Waals surface area (Å²) in [5.74, 6) is 1.72. The first kappa shape index (κ1) is 18.7. The largest absolute Gasteiger partial charge is 0.494 e. The Hall–Kier alpha value is -3.08. The van der Waals surface area contributed by atoms with Crippen molar-refractivity contribution in [2.45, 2.75) is 20.4 Å². The molecule has 0 saturated heterocycles. The molecule has 1 amide bonds. The second kappa shape index (κ2) is 8.54. The molecule has 5 heteroatoms. The van der Waals surface area contributed by atoms with Crippen LogP contribution in [0.4, 0.5) is 0 Å². The Morgan fingerprint density at radius 3 is 2.48 bits per heavy atom. The topological polar surface area (TPSA) is 47.4 Å². The van der Waals surface area contributed by atoms with E-state index in [-0.39, 0.29) is 5.91 Å². The number of amides is 1. The monoisotopic (exact) mass is 363 g/mol. The molecule has 0 aliphatic heterocycles. The van der Waals surface area contributed by atoms with E-state index in [1.807, 2.05) is 85.1 Å². The van der Waals surface area contributed by atoms with Crippen molar-refractivity contribution >= 4 is 5.91 Å². The number of nitrogens with zero attached hydrogens (tertiary/aromatic N) is 3. The summed E-state index contributed by atoms with van der Waals surface area (Å²) in [6.45, 7) is 5.70. The summed E-state index contributed by atoms with van der Waals surface area (Å²) < 4.78 is 7.65. The fraction of sp³-hybridized carbons (Fsp3) is 0.273. The third-order valence-electron chi connectivity index (χ3n) is 4.51. The molecular formula is C22H25N3O2. The van der Waals surface area contributed by atoms with Gasteiger partial charge in [0.1, 0.15) is 11.6 Å². The molecule has 3 aromatic rings. The number of para-hydroxylation sites is 1. The number of imidazole rings is 1. The summed E-state index contributed by atoms with van der Waals surface area (Å²) in [5.41, 5.74) is 2.67. The van der Waals surface area contributed by atoms with Crippen LogP contribution in [-0.4, -0.2) is 33.5 Å². The first-order chi connectivity index (χ1) is 13.1. The summed E-state index contributed by atoms with van der Waals surface area (Å²) >= 11 is 0. The zero-order valence-corrected chi connectivity index (χ0v) is 16.1. The molecule has 27 heavy (non-hydrogen) atoms. The van der Waals surface area contributed by atoms with Gasteiger partial charge in [-0.05, 0) is 32.0 Å². The standard InChI is InChI=1S/C22H25N3O2/c1-4-25(16-19-8-6-7-9-20(19)27-5-2)22(26)18-12-10-17(11-13-18)21-23-14-15-24(21)3/h6-15H,4-5,16H2,1-3H3. The molecule has 5 nitrogen and oxygen atoms in total. The lowest BCUT2D eigenvalue weighted by Gasteiger charge is -2.22.